The first kappa shape index (κ1) is 24.7. The summed E-state index contributed by atoms with van der Waals surface area (Å²) in [5.74, 6) is 3.06. The van der Waals surface area contributed by atoms with Crippen molar-refractivity contribution in [2.24, 2.45) is 7.05 Å². The van der Waals surface area contributed by atoms with Crippen LogP contribution in [0.3, 0.4) is 0 Å². The van der Waals surface area contributed by atoms with Crippen LogP contribution in [0.4, 0.5) is 5.82 Å². The molecule has 3 heterocycles. The second kappa shape index (κ2) is 10.5. The zero-order chi connectivity index (χ0) is 25.8. The Labute approximate surface area is 209 Å². The molecule has 36 heavy (non-hydrogen) atoms. The predicted octanol–water partition coefficient (Wildman–Crippen LogP) is 2.85. The first-order valence-electron chi connectivity index (χ1n) is 11.5. The molecule has 0 saturated heterocycles. The highest BCUT2D eigenvalue weighted by Crippen LogP contribution is 2.32. The summed E-state index contributed by atoms with van der Waals surface area (Å²) in [4.78, 5) is 21.8. The Hall–Kier alpha value is -4.41. The van der Waals surface area contributed by atoms with Crippen molar-refractivity contribution in [2.45, 2.75) is 20.8 Å². The van der Waals surface area contributed by atoms with E-state index in [0.29, 0.717) is 53.4 Å². The Bertz CT molecular complexity index is 1390. The summed E-state index contributed by atoms with van der Waals surface area (Å²) in [5, 5.41) is 15.1. The van der Waals surface area contributed by atoms with Gasteiger partial charge in [-0.2, -0.15) is 10.2 Å². The molecule has 0 fully saturated rings. The van der Waals surface area contributed by atoms with Crippen LogP contribution in [-0.2, 0) is 7.05 Å². The summed E-state index contributed by atoms with van der Waals surface area (Å²) in [5.41, 5.74) is 3.70. The average molecular weight is 491 g/mol. The van der Waals surface area contributed by atoms with Gasteiger partial charge in [0.1, 0.15) is 28.8 Å². The van der Waals surface area contributed by atoms with Crippen LogP contribution >= 0.6 is 0 Å². The number of methoxy groups -OCH3 is 2. The molecule has 4 rings (SSSR count). The van der Waals surface area contributed by atoms with Gasteiger partial charge in [-0.1, -0.05) is 0 Å². The molecule has 0 unspecified atom stereocenters. The van der Waals surface area contributed by atoms with E-state index in [9.17, 15) is 4.79 Å². The van der Waals surface area contributed by atoms with Crippen LogP contribution in [-0.4, -0.2) is 62.7 Å². The van der Waals surface area contributed by atoms with Gasteiger partial charge in [-0.05, 0) is 51.1 Å². The van der Waals surface area contributed by atoms with Gasteiger partial charge in [0.05, 0.1) is 25.6 Å². The molecule has 188 valence electrons. The SMILES string of the molecule is COc1ccc(OC)c(-c2cc(C(=O)NCCNc3cc(-n4nc(C)cc4C)nc(C)n3)n(C)n2)c1. The highest BCUT2D eigenvalue weighted by molar-refractivity contribution is 5.94. The van der Waals surface area contributed by atoms with Crippen molar-refractivity contribution >= 4 is 11.7 Å². The summed E-state index contributed by atoms with van der Waals surface area (Å²) in [7, 11) is 4.92. The maximum atomic E-state index is 12.8. The van der Waals surface area contributed by atoms with E-state index in [1.807, 2.05) is 51.1 Å². The highest BCUT2D eigenvalue weighted by atomic mass is 16.5. The Morgan fingerprint density at radius 2 is 1.78 bits per heavy atom. The monoisotopic (exact) mass is 490 g/mol. The minimum atomic E-state index is -0.234. The molecule has 0 aliphatic carbocycles. The highest BCUT2D eigenvalue weighted by Gasteiger charge is 2.17. The number of anilines is 1. The Balaban J connectivity index is 1.40. The summed E-state index contributed by atoms with van der Waals surface area (Å²) in [6.07, 6.45) is 0. The van der Waals surface area contributed by atoms with E-state index in [-0.39, 0.29) is 5.91 Å². The van der Waals surface area contributed by atoms with E-state index in [1.165, 1.54) is 0 Å². The first-order chi connectivity index (χ1) is 17.3. The van der Waals surface area contributed by atoms with Gasteiger partial charge in [0, 0.05) is 37.5 Å². The van der Waals surface area contributed by atoms with Crippen molar-refractivity contribution in [3.05, 3.63) is 59.3 Å². The number of ether oxygens (including phenoxy) is 2. The largest absolute Gasteiger partial charge is 0.497 e. The molecule has 11 nitrogen and oxygen atoms in total. The molecule has 0 spiro atoms. The summed E-state index contributed by atoms with van der Waals surface area (Å²) >= 11 is 0. The second-order valence-corrected chi connectivity index (χ2v) is 8.28. The van der Waals surface area contributed by atoms with Crippen molar-refractivity contribution in [2.75, 3.05) is 32.6 Å². The van der Waals surface area contributed by atoms with Gasteiger partial charge in [0.2, 0.25) is 0 Å². The summed E-state index contributed by atoms with van der Waals surface area (Å²) < 4.78 is 14.1. The maximum absolute atomic E-state index is 12.8. The van der Waals surface area contributed by atoms with Crippen LogP contribution in [0.5, 0.6) is 11.5 Å². The van der Waals surface area contributed by atoms with E-state index in [2.05, 4.69) is 30.8 Å². The van der Waals surface area contributed by atoms with Gasteiger partial charge in [0.15, 0.2) is 5.82 Å². The second-order valence-electron chi connectivity index (χ2n) is 8.28. The Morgan fingerprint density at radius 1 is 0.972 bits per heavy atom. The van der Waals surface area contributed by atoms with Crippen LogP contribution in [0.25, 0.3) is 17.1 Å². The molecule has 1 amide bonds. The van der Waals surface area contributed by atoms with Crippen LogP contribution in [0.15, 0.2) is 36.4 Å². The van der Waals surface area contributed by atoms with E-state index in [4.69, 9.17) is 9.47 Å². The lowest BCUT2D eigenvalue weighted by Crippen LogP contribution is -2.30. The van der Waals surface area contributed by atoms with Crippen LogP contribution in [0.1, 0.15) is 27.7 Å². The lowest BCUT2D eigenvalue weighted by molar-refractivity contribution is 0.0945. The molecule has 2 N–H and O–H groups in total. The number of nitrogens with one attached hydrogen (secondary N) is 2. The van der Waals surface area contributed by atoms with Crippen LogP contribution in [0.2, 0.25) is 0 Å². The minimum absolute atomic E-state index is 0.234. The topological polar surface area (TPSA) is 121 Å². The van der Waals surface area contributed by atoms with Crippen molar-refractivity contribution in [1.29, 1.82) is 0 Å². The number of amides is 1. The number of hydrogen-bond donors (Lipinski definition) is 2. The number of aromatic nitrogens is 6. The molecular weight excluding hydrogens is 460 g/mol. The Morgan fingerprint density at radius 3 is 2.47 bits per heavy atom. The molecular formula is C25H30N8O3. The van der Waals surface area contributed by atoms with Gasteiger partial charge in [-0.15, -0.1) is 0 Å². The lowest BCUT2D eigenvalue weighted by Gasteiger charge is -2.10. The van der Waals surface area contributed by atoms with Crippen LogP contribution in [0, 0.1) is 20.8 Å². The third kappa shape index (κ3) is 5.29. The van der Waals surface area contributed by atoms with E-state index >= 15 is 0 Å². The maximum Gasteiger partial charge on any atom is 0.269 e. The molecule has 0 radical (unpaired) electrons. The summed E-state index contributed by atoms with van der Waals surface area (Å²) in [6, 6.07) is 11.0. The van der Waals surface area contributed by atoms with E-state index in [1.54, 1.807) is 36.7 Å². The van der Waals surface area contributed by atoms with Crippen LogP contribution < -0.4 is 20.1 Å². The zero-order valence-corrected chi connectivity index (χ0v) is 21.3. The van der Waals surface area contributed by atoms with Gasteiger partial charge in [-0.25, -0.2) is 14.6 Å². The first-order valence-corrected chi connectivity index (χ1v) is 11.5. The third-order valence-electron chi connectivity index (χ3n) is 5.56. The molecule has 0 aliphatic heterocycles. The normalized spacial score (nSPS) is 10.8. The van der Waals surface area contributed by atoms with Crippen molar-refractivity contribution in [3.63, 3.8) is 0 Å². The number of carbonyl (C=O) groups excluding carboxylic acids is 1. The van der Waals surface area contributed by atoms with Crippen molar-refractivity contribution in [3.8, 4) is 28.6 Å². The number of benzene rings is 1. The Kier molecular flexibility index (Phi) is 7.18. The van der Waals surface area contributed by atoms with E-state index in [0.717, 1.165) is 17.0 Å². The number of rotatable bonds is 9. The molecule has 0 aliphatic rings. The quantitative estimate of drug-likeness (QED) is 0.344. The van der Waals surface area contributed by atoms with Gasteiger partial charge in [0.25, 0.3) is 5.91 Å². The summed E-state index contributed by atoms with van der Waals surface area (Å²) in [6.45, 7) is 6.62. The molecule has 0 bridgehead atoms. The fourth-order valence-electron chi connectivity index (χ4n) is 3.89. The zero-order valence-electron chi connectivity index (χ0n) is 21.3. The van der Waals surface area contributed by atoms with Crippen molar-refractivity contribution < 1.29 is 14.3 Å². The molecule has 0 saturated carbocycles. The fraction of sp³-hybridized carbons (Fsp3) is 0.320. The molecule has 1 aromatic carbocycles. The number of nitrogens with zero attached hydrogens (tertiary/aromatic N) is 6. The molecule has 4 aromatic rings. The standard InChI is InChI=1S/C25H30N8O3/c1-15-11-16(2)33(30-15)24-14-23(28-17(3)29-24)26-9-10-27-25(34)21-13-20(31-32(21)4)19-12-18(35-5)7-8-22(19)36-6/h7-8,11-14H,9-10H2,1-6H3,(H,27,34)(H,26,28,29). The molecule has 11 heteroatoms. The average Bonchev–Trinajstić information content (AvgIpc) is 3.41. The fourth-order valence-corrected chi connectivity index (χ4v) is 3.89. The predicted molar refractivity (Wildman–Crippen MR) is 136 cm³/mol. The molecule has 0 atom stereocenters. The molecule has 3 aromatic heterocycles. The van der Waals surface area contributed by atoms with E-state index < -0.39 is 0 Å². The number of aryl methyl sites for hydroxylation is 4. The van der Waals surface area contributed by atoms with Crippen molar-refractivity contribution in [1.82, 2.24) is 34.8 Å². The number of carbonyl (C=O) groups is 1. The minimum Gasteiger partial charge on any atom is -0.497 e. The number of hydrogen-bond acceptors (Lipinski definition) is 8. The third-order valence-corrected chi connectivity index (χ3v) is 5.56. The van der Waals surface area contributed by atoms with Gasteiger partial charge >= 0.3 is 0 Å². The smallest absolute Gasteiger partial charge is 0.269 e. The lowest BCUT2D eigenvalue weighted by atomic mass is 10.1. The van der Waals surface area contributed by atoms with Gasteiger partial charge < -0.3 is 20.1 Å². The van der Waals surface area contributed by atoms with Gasteiger partial charge in [-0.3, -0.25) is 9.48 Å².